The first-order valence-electron chi connectivity index (χ1n) is 10.8. The van der Waals surface area contributed by atoms with Crippen LogP contribution in [0.1, 0.15) is 45.9 Å². The molecule has 0 saturated carbocycles. The lowest BCUT2D eigenvalue weighted by Crippen LogP contribution is -2.49. The SMILES string of the molecule is Cc1cncc(C(=O)N2C[C@@H]3C[C@H](C2)c2ccc(CN4CC[C@@H](F)C4)c(=O)n2C3)c1. The van der Waals surface area contributed by atoms with Gasteiger partial charge >= 0.3 is 0 Å². The van der Waals surface area contributed by atoms with Gasteiger partial charge in [-0.05, 0) is 43.4 Å². The summed E-state index contributed by atoms with van der Waals surface area (Å²) in [5.74, 6) is 0.457. The Morgan fingerprint density at radius 3 is 2.83 bits per heavy atom. The van der Waals surface area contributed by atoms with E-state index in [0.29, 0.717) is 51.3 Å². The van der Waals surface area contributed by atoms with Crippen molar-refractivity contribution in [1.29, 1.82) is 0 Å². The summed E-state index contributed by atoms with van der Waals surface area (Å²) >= 11 is 0. The van der Waals surface area contributed by atoms with Gasteiger partial charge in [0.2, 0.25) is 0 Å². The summed E-state index contributed by atoms with van der Waals surface area (Å²) in [5.41, 5.74) is 3.41. The summed E-state index contributed by atoms with van der Waals surface area (Å²) < 4.78 is 15.4. The zero-order valence-electron chi connectivity index (χ0n) is 17.3. The molecule has 158 valence electrons. The zero-order valence-corrected chi connectivity index (χ0v) is 17.3. The standard InChI is InChI=1S/C23H27FN4O2/c1-15-6-18(9-25-8-15)22(29)27-10-16-7-19(13-27)21-3-2-17(23(30)28(21)11-16)12-26-5-4-20(24)14-26/h2-3,6,8-9,16,19-20H,4-5,7,10-14H2,1H3/t16-,19+,20+/m0/s1. The van der Waals surface area contributed by atoms with E-state index in [4.69, 9.17) is 0 Å². The van der Waals surface area contributed by atoms with Crippen molar-refractivity contribution in [2.75, 3.05) is 26.2 Å². The number of rotatable bonds is 3. The van der Waals surface area contributed by atoms with Crippen LogP contribution in [0.15, 0.2) is 35.4 Å². The number of carbonyl (C=O) groups excluding carboxylic acids is 1. The fraction of sp³-hybridized carbons (Fsp3) is 0.522. The molecule has 2 saturated heterocycles. The van der Waals surface area contributed by atoms with Gasteiger partial charge in [-0.3, -0.25) is 19.5 Å². The van der Waals surface area contributed by atoms with Crippen molar-refractivity contribution in [2.24, 2.45) is 5.92 Å². The van der Waals surface area contributed by atoms with Crippen molar-refractivity contribution < 1.29 is 9.18 Å². The molecular weight excluding hydrogens is 383 g/mol. The van der Waals surface area contributed by atoms with E-state index in [1.165, 1.54) is 0 Å². The number of nitrogens with zero attached hydrogens (tertiary/aromatic N) is 4. The maximum absolute atomic E-state index is 13.5. The highest BCUT2D eigenvalue weighted by Crippen LogP contribution is 2.35. The summed E-state index contributed by atoms with van der Waals surface area (Å²) in [6.45, 7) is 5.49. The molecule has 7 heteroatoms. The third kappa shape index (κ3) is 3.55. The van der Waals surface area contributed by atoms with Gasteiger partial charge in [-0.2, -0.15) is 0 Å². The molecule has 5 heterocycles. The average Bonchev–Trinajstić information content (AvgIpc) is 3.14. The predicted molar refractivity (Wildman–Crippen MR) is 111 cm³/mol. The Hall–Kier alpha value is -2.54. The monoisotopic (exact) mass is 410 g/mol. The number of hydrogen-bond donors (Lipinski definition) is 0. The molecule has 2 bridgehead atoms. The third-order valence-corrected chi connectivity index (χ3v) is 6.70. The Bertz CT molecular complexity index is 1040. The first-order valence-corrected chi connectivity index (χ1v) is 10.8. The molecule has 0 aromatic carbocycles. The van der Waals surface area contributed by atoms with Gasteiger partial charge in [-0.25, -0.2) is 4.39 Å². The molecule has 2 aromatic rings. The smallest absolute Gasteiger partial charge is 0.255 e. The fourth-order valence-electron chi connectivity index (χ4n) is 5.30. The van der Waals surface area contributed by atoms with Crippen LogP contribution in [-0.4, -0.2) is 57.6 Å². The number of piperidine rings is 1. The van der Waals surface area contributed by atoms with Crippen LogP contribution in [0, 0.1) is 12.8 Å². The zero-order chi connectivity index (χ0) is 20.8. The number of alkyl halides is 1. The van der Waals surface area contributed by atoms with Gasteiger partial charge in [-0.1, -0.05) is 6.07 Å². The van der Waals surface area contributed by atoms with E-state index < -0.39 is 6.17 Å². The van der Waals surface area contributed by atoms with Crippen LogP contribution in [0.2, 0.25) is 0 Å². The topological polar surface area (TPSA) is 58.4 Å². The molecule has 0 N–H and O–H groups in total. The van der Waals surface area contributed by atoms with Crippen LogP contribution in [-0.2, 0) is 13.1 Å². The van der Waals surface area contributed by atoms with E-state index in [9.17, 15) is 14.0 Å². The Labute approximate surface area is 175 Å². The summed E-state index contributed by atoms with van der Waals surface area (Å²) in [4.78, 5) is 34.3. The van der Waals surface area contributed by atoms with Crippen LogP contribution in [0.25, 0.3) is 0 Å². The van der Waals surface area contributed by atoms with Gasteiger partial charge in [0.25, 0.3) is 11.5 Å². The second-order valence-corrected chi connectivity index (χ2v) is 9.08. The molecule has 1 amide bonds. The first-order chi connectivity index (χ1) is 14.5. The maximum atomic E-state index is 13.5. The van der Waals surface area contributed by atoms with E-state index in [-0.39, 0.29) is 23.3 Å². The maximum Gasteiger partial charge on any atom is 0.255 e. The normalized spacial score (nSPS) is 25.9. The number of halogens is 1. The van der Waals surface area contributed by atoms with E-state index in [1.807, 2.05) is 39.5 Å². The number of pyridine rings is 2. The van der Waals surface area contributed by atoms with Gasteiger partial charge in [0, 0.05) is 68.8 Å². The van der Waals surface area contributed by atoms with Crippen molar-refractivity contribution in [2.45, 2.75) is 44.9 Å². The highest BCUT2D eigenvalue weighted by atomic mass is 19.1. The number of likely N-dealkylation sites (tertiary alicyclic amines) is 2. The summed E-state index contributed by atoms with van der Waals surface area (Å²) in [6.07, 6.45) is 4.15. The second-order valence-electron chi connectivity index (χ2n) is 9.08. The Morgan fingerprint density at radius 1 is 1.20 bits per heavy atom. The van der Waals surface area contributed by atoms with Crippen molar-refractivity contribution in [3.05, 3.63) is 63.3 Å². The van der Waals surface area contributed by atoms with E-state index in [0.717, 1.165) is 23.2 Å². The van der Waals surface area contributed by atoms with Crippen LogP contribution in [0.4, 0.5) is 4.39 Å². The van der Waals surface area contributed by atoms with Gasteiger partial charge in [-0.15, -0.1) is 0 Å². The van der Waals surface area contributed by atoms with Crippen molar-refractivity contribution in [1.82, 2.24) is 19.4 Å². The molecule has 0 unspecified atom stereocenters. The van der Waals surface area contributed by atoms with E-state index in [2.05, 4.69) is 4.98 Å². The largest absolute Gasteiger partial charge is 0.338 e. The average molecular weight is 410 g/mol. The lowest BCUT2D eigenvalue weighted by molar-refractivity contribution is 0.0593. The highest BCUT2D eigenvalue weighted by molar-refractivity contribution is 5.94. The van der Waals surface area contributed by atoms with Gasteiger partial charge < -0.3 is 9.47 Å². The summed E-state index contributed by atoms with van der Waals surface area (Å²) in [7, 11) is 0. The van der Waals surface area contributed by atoms with Crippen LogP contribution in [0.5, 0.6) is 0 Å². The van der Waals surface area contributed by atoms with Gasteiger partial charge in [0.15, 0.2) is 0 Å². The molecule has 3 atom stereocenters. The highest BCUT2D eigenvalue weighted by Gasteiger charge is 2.37. The van der Waals surface area contributed by atoms with Crippen LogP contribution < -0.4 is 5.56 Å². The number of aryl methyl sites for hydroxylation is 1. The molecule has 6 nitrogen and oxygen atoms in total. The first kappa shape index (κ1) is 19.4. The molecule has 5 rings (SSSR count). The molecule has 0 spiro atoms. The molecular formula is C23H27FN4O2. The summed E-state index contributed by atoms with van der Waals surface area (Å²) in [5, 5.41) is 0. The quantitative estimate of drug-likeness (QED) is 0.780. The number of amides is 1. The molecule has 0 aliphatic carbocycles. The molecule has 30 heavy (non-hydrogen) atoms. The second kappa shape index (κ2) is 7.61. The number of carbonyl (C=O) groups is 1. The van der Waals surface area contributed by atoms with E-state index >= 15 is 0 Å². The van der Waals surface area contributed by atoms with E-state index in [1.54, 1.807) is 12.4 Å². The van der Waals surface area contributed by atoms with Crippen molar-refractivity contribution in [3.8, 4) is 0 Å². The minimum Gasteiger partial charge on any atom is -0.338 e. The molecule has 2 fully saturated rings. The fourth-order valence-corrected chi connectivity index (χ4v) is 5.30. The Morgan fingerprint density at radius 2 is 2.07 bits per heavy atom. The number of hydrogen-bond acceptors (Lipinski definition) is 4. The number of fused-ring (bicyclic) bond motifs is 4. The van der Waals surface area contributed by atoms with Crippen LogP contribution >= 0.6 is 0 Å². The Kier molecular flexibility index (Phi) is 4.93. The van der Waals surface area contributed by atoms with Crippen LogP contribution in [0.3, 0.4) is 0 Å². The minimum atomic E-state index is -0.781. The van der Waals surface area contributed by atoms with Gasteiger partial charge in [0.1, 0.15) is 6.17 Å². The summed E-state index contributed by atoms with van der Waals surface area (Å²) in [6, 6.07) is 5.83. The Balaban J connectivity index is 1.37. The van der Waals surface area contributed by atoms with Crippen molar-refractivity contribution in [3.63, 3.8) is 0 Å². The third-order valence-electron chi connectivity index (χ3n) is 6.70. The molecule has 0 radical (unpaired) electrons. The lowest BCUT2D eigenvalue weighted by atomic mass is 9.82. The lowest BCUT2D eigenvalue weighted by Gasteiger charge is -2.43. The molecule has 2 aromatic heterocycles. The molecule has 3 aliphatic rings. The van der Waals surface area contributed by atoms with Gasteiger partial charge in [0.05, 0.1) is 5.56 Å². The predicted octanol–water partition coefficient (Wildman–Crippen LogP) is 2.36. The molecule has 3 aliphatic heterocycles. The minimum absolute atomic E-state index is 0.0168. The van der Waals surface area contributed by atoms with Crippen molar-refractivity contribution >= 4 is 5.91 Å². The number of aromatic nitrogens is 2.